The van der Waals surface area contributed by atoms with Gasteiger partial charge in [-0.25, -0.2) is 0 Å². The molecule has 2 aliphatic carbocycles. The molecule has 2 saturated carbocycles. The van der Waals surface area contributed by atoms with Crippen LogP contribution in [0.15, 0.2) is 24.3 Å². The second-order valence-electron chi connectivity index (χ2n) is 7.03. The van der Waals surface area contributed by atoms with Gasteiger partial charge in [0.2, 0.25) is 0 Å². The van der Waals surface area contributed by atoms with Crippen LogP contribution in [0.5, 0.6) is 0 Å². The van der Waals surface area contributed by atoms with Crippen molar-refractivity contribution in [2.75, 3.05) is 13.2 Å². The van der Waals surface area contributed by atoms with Gasteiger partial charge >= 0.3 is 0 Å². The zero-order chi connectivity index (χ0) is 14.0. The van der Waals surface area contributed by atoms with Crippen LogP contribution in [0.25, 0.3) is 0 Å². The van der Waals surface area contributed by atoms with Crippen molar-refractivity contribution in [3.63, 3.8) is 0 Å². The highest BCUT2D eigenvalue weighted by atomic mass is 16.3. The molecule has 0 unspecified atom stereocenters. The van der Waals surface area contributed by atoms with Crippen molar-refractivity contribution in [1.29, 1.82) is 0 Å². The highest BCUT2D eigenvalue weighted by Gasteiger charge is 2.36. The maximum atomic E-state index is 9.64. The third-order valence-corrected chi connectivity index (χ3v) is 5.42. The van der Waals surface area contributed by atoms with Crippen LogP contribution in [0.1, 0.15) is 55.6 Å². The Balaban J connectivity index is 1.46. The summed E-state index contributed by atoms with van der Waals surface area (Å²) in [4.78, 5) is 0. The van der Waals surface area contributed by atoms with Gasteiger partial charge in [0.1, 0.15) is 0 Å². The first-order valence-corrected chi connectivity index (χ1v) is 8.12. The van der Waals surface area contributed by atoms with Crippen LogP contribution in [0, 0.1) is 12.3 Å². The molecule has 0 spiro atoms. The Kier molecular flexibility index (Phi) is 4.13. The van der Waals surface area contributed by atoms with E-state index in [4.69, 9.17) is 0 Å². The van der Waals surface area contributed by atoms with E-state index in [0.717, 1.165) is 12.5 Å². The molecule has 0 heterocycles. The second kappa shape index (κ2) is 5.87. The van der Waals surface area contributed by atoms with Gasteiger partial charge in [-0.2, -0.15) is 0 Å². The van der Waals surface area contributed by atoms with Crippen LogP contribution >= 0.6 is 0 Å². The number of hydrogen-bond acceptors (Lipinski definition) is 2. The molecule has 0 amide bonds. The topological polar surface area (TPSA) is 32.3 Å². The van der Waals surface area contributed by atoms with E-state index in [1.54, 1.807) is 0 Å². The molecular formula is C18H27NO. The van der Waals surface area contributed by atoms with Gasteiger partial charge in [-0.15, -0.1) is 0 Å². The first-order valence-electron chi connectivity index (χ1n) is 8.12. The predicted octanol–water partition coefficient (Wildman–Crippen LogP) is 3.38. The maximum Gasteiger partial charge on any atom is 0.0499 e. The van der Waals surface area contributed by atoms with E-state index < -0.39 is 0 Å². The van der Waals surface area contributed by atoms with Gasteiger partial charge in [-0.3, -0.25) is 0 Å². The lowest BCUT2D eigenvalue weighted by molar-refractivity contribution is 0.117. The lowest BCUT2D eigenvalue weighted by atomic mass is 9.75. The van der Waals surface area contributed by atoms with Crippen LogP contribution < -0.4 is 5.32 Å². The standard InChI is InChI=1S/C18H27NO/c1-14-5-4-6-15(9-14)16-10-17(11-16)19-12-18(13-20)7-2-3-8-18/h4-6,9,16-17,19-20H,2-3,7-8,10-13H2,1H3. The number of aryl methyl sites for hydroxylation is 1. The fourth-order valence-corrected chi connectivity index (χ4v) is 3.86. The number of hydrogen-bond donors (Lipinski definition) is 2. The van der Waals surface area contributed by atoms with E-state index in [0.29, 0.717) is 12.6 Å². The zero-order valence-corrected chi connectivity index (χ0v) is 12.6. The molecule has 2 fully saturated rings. The van der Waals surface area contributed by atoms with Crippen molar-refractivity contribution in [3.05, 3.63) is 35.4 Å². The van der Waals surface area contributed by atoms with E-state index in [1.165, 1.54) is 49.7 Å². The summed E-state index contributed by atoms with van der Waals surface area (Å²) in [6.07, 6.45) is 7.49. The average Bonchev–Trinajstić information content (AvgIpc) is 2.86. The Morgan fingerprint density at radius 3 is 2.65 bits per heavy atom. The quantitative estimate of drug-likeness (QED) is 0.862. The lowest BCUT2D eigenvalue weighted by Crippen LogP contribution is -2.46. The smallest absolute Gasteiger partial charge is 0.0499 e. The third-order valence-electron chi connectivity index (χ3n) is 5.42. The summed E-state index contributed by atoms with van der Waals surface area (Å²) in [6.45, 7) is 3.53. The van der Waals surface area contributed by atoms with Crippen LogP contribution in [-0.2, 0) is 0 Å². The lowest BCUT2D eigenvalue weighted by Gasteiger charge is -2.39. The third kappa shape index (κ3) is 2.91. The van der Waals surface area contributed by atoms with Gasteiger partial charge in [0.15, 0.2) is 0 Å². The fraction of sp³-hybridized carbons (Fsp3) is 0.667. The SMILES string of the molecule is Cc1cccc(C2CC(NCC3(CO)CCCC3)C2)c1. The maximum absolute atomic E-state index is 9.64. The highest BCUT2D eigenvalue weighted by Crippen LogP contribution is 2.40. The largest absolute Gasteiger partial charge is 0.396 e. The van der Waals surface area contributed by atoms with Crippen LogP contribution in [0.4, 0.5) is 0 Å². The molecule has 110 valence electrons. The Bertz CT molecular complexity index is 444. The summed E-state index contributed by atoms with van der Waals surface area (Å²) >= 11 is 0. The molecule has 2 aliphatic rings. The number of rotatable bonds is 5. The summed E-state index contributed by atoms with van der Waals surface area (Å²) in [6, 6.07) is 9.59. The molecule has 0 saturated heterocycles. The summed E-state index contributed by atoms with van der Waals surface area (Å²) < 4.78 is 0. The van der Waals surface area contributed by atoms with E-state index in [2.05, 4.69) is 36.5 Å². The van der Waals surface area contributed by atoms with Crippen molar-refractivity contribution in [2.24, 2.45) is 5.41 Å². The van der Waals surface area contributed by atoms with Crippen molar-refractivity contribution in [1.82, 2.24) is 5.32 Å². The second-order valence-corrected chi connectivity index (χ2v) is 7.03. The number of benzene rings is 1. The number of aliphatic hydroxyl groups excluding tert-OH is 1. The Hall–Kier alpha value is -0.860. The van der Waals surface area contributed by atoms with Crippen molar-refractivity contribution >= 4 is 0 Å². The molecule has 3 rings (SSSR count). The van der Waals surface area contributed by atoms with Crippen molar-refractivity contribution < 1.29 is 5.11 Å². The van der Waals surface area contributed by atoms with Crippen LogP contribution in [0.3, 0.4) is 0 Å². The summed E-state index contributed by atoms with van der Waals surface area (Å²) in [5, 5.41) is 13.3. The average molecular weight is 273 g/mol. The minimum Gasteiger partial charge on any atom is -0.396 e. The zero-order valence-electron chi connectivity index (χ0n) is 12.6. The van der Waals surface area contributed by atoms with Gasteiger partial charge in [0, 0.05) is 24.6 Å². The van der Waals surface area contributed by atoms with E-state index in [-0.39, 0.29) is 5.41 Å². The van der Waals surface area contributed by atoms with Gasteiger partial charge < -0.3 is 10.4 Å². The number of aliphatic hydroxyl groups is 1. The molecule has 0 radical (unpaired) electrons. The molecule has 1 aromatic carbocycles. The Labute approximate surface area is 122 Å². The fourth-order valence-electron chi connectivity index (χ4n) is 3.86. The monoisotopic (exact) mass is 273 g/mol. The minimum absolute atomic E-state index is 0.189. The molecule has 0 aliphatic heterocycles. The van der Waals surface area contributed by atoms with E-state index in [1.807, 2.05) is 0 Å². The number of nitrogens with one attached hydrogen (secondary N) is 1. The molecule has 2 nitrogen and oxygen atoms in total. The van der Waals surface area contributed by atoms with E-state index >= 15 is 0 Å². The molecule has 2 heteroatoms. The molecule has 1 aromatic rings. The predicted molar refractivity (Wildman–Crippen MR) is 82.9 cm³/mol. The molecule has 0 aromatic heterocycles. The normalized spacial score (nSPS) is 28.3. The van der Waals surface area contributed by atoms with Gasteiger partial charge in [0.25, 0.3) is 0 Å². The Morgan fingerprint density at radius 2 is 2.00 bits per heavy atom. The van der Waals surface area contributed by atoms with Gasteiger partial charge in [-0.1, -0.05) is 42.7 Å². The highest BCUT2D eigenvalue weighted by molar-refractivity contribution is 5.27. The van der Waals surface area contributed by atoms with E-state index in [9.17, 15) is 5.11 Å². The first-order chi connectivity index (χ1) is 9.71. The van der Waals surface area contributed by atoms with Crippen molar-refractivity contribution in [3.8, 4) is 0 Å². The molecule has 20 heavy (non-hydrogen) atoms. The molecular weight excluding hydrogens is 246 g/mol. The summed E-state index contributed by atoms with van der Waals surface area (Å²) in [5.74, 6) is 0.737. The summed E-state index contributed by atoms with van der Waals surface area (Å²) in [5.41, 5.74) is 3.05. The molecule has 0 bridgehead atoms. The Morgan fingerprint density at radius 1 is 1.25 bits per heavy atom. The molecule has 0 atom stereocenters. The molecule has 2 N–H and O–H groups in total. The summed E-state index contributed by atoms with van der Waals surface area (Å²) in [7, 11) is 0. The van der Waals surface area contributed by atoms with Crippen LogP contribution in [0.2, 0.25) is 0 Å². The van der Waals surface area contributed by atoms with Gasteiger partial charge in [-0.05, 0) is 44.1 Å². The first kappa shape index (κ1) is 14.1. The van der Waals surface area contributed by atoms with Gasteiger partial charge in [0.05, 0.1) is 0 Å². The van der Waals surface area contributed by atoms with Crippen LogP contribution in [-0.4, -0.2) is 24.3 Å². The minimum atomic E-state index is 0.189. The van der Waals surface area contributed by atoms with Crippen molar-refractivity contribution in [2.45, 2.75) is 57.4 Å².